The Morgan fingerprint density at radius 3 is 2.71 bits per heavy atom. The molecular formula is C10H11FO3. The van der Waals surface area contributed by atoms with E-state index in [0.29, 0.717) is 11.1 Å². The molecule has 1 N–H and O–H groups in total. The minimum atomic E-state index is -0.943. The van der Waals surface area contributed by atoms with E-state index >= 15 is 0 Å². The molecule has 1 aromatic rings. The number of benzene rings is 1. The molecule has 3 nitrogen and oxygen atoms in total. The Balaban J connectivity index is 3.10. The van der Waals surface area contributed by atoms with Gasteiger partial charge in [0, 0.05) is 0 Å². The second kappa shape index (κ2) is 4.09. The summed E-state index contributed by atoms with van der Waals surface area (Å²) in [7, 11) is 1.35. The smallest absolute Gasteiger partial charge is 0.307 e. The molecule has 1 aromatic carbocycles. The lowest BCUT2D eigenvalue weighted by atomic mass is 10.1. The van der Waals surface area contributed by atoms with E-state index in [4.69, 9.17) is 9.84 Å². The van der Waals surface area contributed by atoms with Gasteiger partial charge in [-0.2, -0.15) is 0 Å². The van der Waals surface area contributed by atoms with Crippen LogP contribution in [0, 0.1) is 12.7 Å². The van der Waals surface area contributed by atoms with Crippen molar-refractivity contribution in [3.63, 3.8) is 0 Å². The van der Waals surface area contributed by atoms with Gasteiger partial charge in [0.05, 0.1) is 13.5 Å². The first-order chi connectivity index (χ1) is 6.54. The molecule has 4 heteroatoms. The van der Waals surface area contributed by atoms with Gasteiger partial charge in [0.15, 0.2) is 11.6 Å². The first-order valence-corrected chi connectivity index (χ1v) is 4.09. The minimum absolute atomic E-state index is 0.0758. The van der Waals surface area contributed by atoms with E-state index in [9.17, 15) is 9.18 Å². The first-order valence-electron chi connectivity index (χ1n) is 4.09. The number of carbonyl (C=O) groups is 1. The lowest BCUT2D eigenvalue weighted by Crippen LogP contribution is -2.03. The SMILES string of the molecule is COc1cc(CC(=O)O)c(C)cc1F. The van der Waals surface area contributed by atoms with Crippen LogP contribution in [0.15, 0.2) is 12.1 Å². The lowest BCUT2D eigenvalue weighted by Gasteiger charge is -2.07. The molecule has 0 aliphatic carbocycles. The molecule has 0 radical (unpaired) electrons. The highest BCUT2D eigenvalue weighted by Gasteiger charge is 2.09. The topological polar surface area (TPSA) is 46.5 Å². The number of methoxy groups -OCH3 is 1. The third-order valence-corrected chi connectivity index (χ3v) is 1.95. The molecule has 0 bridgehead atoms. The first kappa shape index (κ1) is 10.5. The number of ether oxygens (including phenoxy) is 1. The number of carboxylic acid groups (broad SMARTS) is 1. The van der Waals surface area contributed by atoms with Gasteiger partial charge in [0.1, 0.15) is 0 Å². The molecule has 0 aliphatic rings. The van der Waals surface area contributed by atoms with Gasteiger partial charge in [-0.05, 0) is 30.2 Å². The number of aryl methyl sites for hydroxylation is 1. The average Bonchev–Trinajstić information content (AvgIpc) is 2.09. The predicted molar refractivity (Wildman–Crippen MR) is 49.0 cm³/mol. The maximum absolute atomic E-state index is 13.1. The van der Waals surface area contributed by atoms with E-state index in [-0.39, 0.29) is 12.2 Å². The van der Waals surface area contributed by atoms with Crippen LogP contribution in [0.3, 0.4) is 0 Å². The van der Waals surface area contributed by atoms with Crippen LogP contribution < -0.4 is 4.74 Å². The summed E-state index contributed by atoms with van der Waals surface area (Å²) in [6.07, 6.45) is -0.123. The van der Waals surface area contributed by atoms with Crippen LogP contribution in [0.5, 0.6) is 5.75 Å². The number of aliphatic carboxylic acids is 1. The maximum atomic E-state index is 13.1. The Bertz CT molecular complexity index is 361. The van der Waals surface area contributed by atoms with E-state index in [2.05, 4.69) is 0 Å². The van der Waals surface area contributed by atoms with Gasteiger partial charge in [0.25, 0.3) is 0 Å². The van der Waals surface area contributed by atoms with Crippen molar-refractivity contribution in [1.82, 2.24) is 0 Å². The fraction of sp³-hybridized carbons (Fsp3) is 0.300. The highest BCUT2D eigenvalue weighted by molar-refractivity contribution is 5.71. The van der Waals surface area contributed by atoms with Crippen molar-refractivity contribution >= 4 is 5.97 Å². The summed E-state index contributed by atoms with van der Waals surface area (Å²) in [5.74, 6) is -1.34. The third-order valence-electron chi connectivity index (χ3n) is 1.95. The van der Waals surface area contributed by atoms with Crippen LogP contribution in [0.4, 0.5) is 4.39 Å². The van der Waals surface area contributed by atoms with Crippen LogP contribution in [0.1, 0.15) is 11.1 Å². The molecule has 14 heavy (non-hydrogen) atoms. The Morgan fingerprint density at radius 1 is 1.57 bits per heavy atom. The summed E-state index contributed by atoms with van der Waals surface area (Å²) in [4.78, 5) is 10.5. The standard InChI is InChI=1S/C10H11FO3/c1-6-3-8(11)9(14-2)4-7(6)5-10(12)13/h3-4H,5H2,1-2H3,(H,12,13). The molecular weight excluding hydrogens is 187 g/mol. The Labute approximate surface area is 81.1 Å². The van der Waals surface area contributed by atoms with Gasteiger partial charge in [-0.1, -0.05) is 0 Å². The summed E-state index contributed by atoms with van der Waals surface area (Å²) in [6.45, 7) is 1.67. The molecule has 0 unspecified atom stereocenters. The number of hydrogen-bond donors (Lipinski definition) is 1. The van der Waals surface area contributed by atoms with Crippen LogP contribution in [-0.4, -0.2) is 18.2 Å². The molecule has 0 fully saturated rings. The third kappa shape index (κ3) is 2.22. The molecule has 0 aliphatic heterocycles. The van der Waals surface area contributed by atoms with E-state index in [0.717, 1.165) is 0 Å². The maximum Gasteiger partial charge on any atom is 0.307 e. The van der Waals surface area contributed by atoms with Gasteiger partial charge in [0.2, 0.25) is 0 Å². The van der Waals surface area contributed by atoms with Crippen molar-refractivity contribution in [2.45, 2.75) is 13.3 Å². The van der Waals surface area contributed by atoms with Gasteiger partial charge in [-0.25, -0.2) is 4.39 Å². The summed E-state index contributed by atoms with van der Waals surface area (Å²) >= 11 is 0. The number of hydrogen-bond acceptors (Lipinski definition) is 2. The van der Waals surface area contributed by atoms with Gasteiger partial charge in [-0.15, -0.1) is 0 Å². The predicted octanol–water partition coefficient (Wildman–Crippen LogP) is 1.77. The molecule has 0 spiro atoms. The Morgan fingerprint density at radius 2 is 2.21 bits per heavy atom. The normalized spacial score (nSPS) is 9.93. The lowest BCUT2D eigenvalue weighted by molar-refractivity contribution is -0.136. The summed E-state index contributed by atoms with van der Waals surface area (Å²) in [6, 6.07) is 2.69. The highest BCUT2D eigenvalue weighted by atomic mass is 19.1. The van der Waals surface area contributed by atoms with Crippen molar-refractivity contribution in [2.75, 3.05) is 7.11 Å². The summed E-state index contributed by atoms with van der Waals surface area (Å²) in [5.41, 5.74) is 1.18. The number of halogens is 1. The minimum Gasteiger partial charge on any atom is -0.494 e. The van der Waals surface area contributed by atoms with Crippen LogP contribution in [0.2, 0.25) is 0 Å². The van der Waals surface area contributed by atoms with E-state index in [1.165, 1.54) is 19.2 Å². The fourth-order valence-electron chi connectivity index (χ4n) is 1.20. The zero-order chi connectivity index (χ0) is 10.7. The Hall–Kier alpha value is -1.58. The molecule has 0 atom stereocenters. The van der Waals surface area contributed by atoms with Gasteiger partial charge in [-0.3, -0.25) is 4.79 Å². The van der Waals surface area contributed by atoms with Crippen LogP contribution in [-0.2, 0) is 11.2 Å². The molecule has 0 aromatic heterocycles. The highest BCUT2D eigenvalue weighted by Crippen LogP contribution is 2.22. The van der Waals surface area contributed by atoms with Gasteiger partial charge >= 0.3 is 5.97 Å². The zero-order valence-corrected chi connectivity index (χ0v) is 8.00. The largest absolute Gasteiger partial charge is 0.494 e. The summed E-state index contributed by atoms with van der Waals surface area (Å²) < 4.78 is 17.9. The summed E-state index contributed by atoms with van der Waals surface area (Å²) in [5, 5.41) is 8.59. The van der Waals surface area contributed by atoms with Crippen molar-refractivity contribution in [2.24, 2.45) is 0 Å². The second-order valence-electron chi connectivity index (χ2n) is 2.98. The molecule has 76 valence electrons. The van der Waals surface area contributed by atoms with Crippen molar-refractivity contribution in [3.05, 3.63) is 29.1 Å². The molecule has 0 amide bonds. The van der Waals surface area contributed by atoms with E-state index < -0.39 is 11.8 Å². The number of carboxylic acids is 1. The average molecular weight is 198 g/mol. The molecule has 0 heterocycles. The van der Waals surface area contributed by atoms with Gasteiger partial charge < -0.3 is 9.84 Å². The van der Waals surface area contributed by atoms with Crippen LogP contribution >= 0.6 is 0 Å². The number of rotatable bonds is 3. The zero-order valence-electron chi connectivity index (χ0n) is 8.00. The van der Waals surface area contributed by atoms with Crippen molar-refractivity contribution in [1.29, 1.82) is 0 Å². The fourth-order valence-corrected chi connectivity index (χ4v) is 1.20. The second-order valence-corrected chi connectivity index (χ2v) is 2.98. The van der Waals surface area contributed by atoms with Crippen LogP contribution in [0.25, 0.3) is 0 Å². The van der Waals surface area contributed by atoms with E-state index in [1.54, 1.807) is 6.92 Å². The molecule has 0 saturated carbocycles. The molecule has 0 saturated heterocycles. The van der Waals surface area contributed by atoms with Crippen molar-refractivity contribution in [3.8, 4) is 5.75 Å². The van der Waals surface area contributed by atoms with Crippen molar-refractivity contribution < 1.29 is 19.0 Å². The monoisotopic (exact) mass is 198 g/mol. The Kier molecular flexibility index (Phi) is 3.06. The molecule has 1 rings (SSSR count). The quantitative estimate of drug-likeness (QED) is 0.805. The van der Waals surface area contributed by atoms with E-state index in [1.807, 2.05) is 0 Å².